The Morgan fingerprint density at radius 1 is 1.22 bits per heavy atom. The zero-order valence-electron chi connectivity index (χ0n) is 9.15. The molecule has 3 N–H and O–H groups in total. The predicted molar refractivity (Wildman–Crippen MR) is 78.4 cm³/mol. The fourth-order valence-corrected chi connectivity index (χ4v) is 2.05. The Labute approximate surface area is 121 Å². The first-order valence-electron chi connectivity index (χ1n) is 5.05. The molecule has 0 atom stereocenters. The van der Waals surface area contributed by atoms with Crippen LogP contribution in [0.2, 0.25) is 0 Å². The van der Waals surface area contributed by atoms with Gasteiger partial charge in [0.05, 0.1) is 21.9 Å². The normalized spacial score (nSPS) is 10.1. The number of amides is 1. The third-order valence-electron chi connectivity index (χ3n) is 2.26. The smallest absolute Gasteiger partial charge is 0.256 e. The van der Waals surface area contributed by atoms with Gasteiger partial charge in [-0.05, 0) is 56.1 Å². The first-order chi connectivity index (χ1) is 8.58. The topological polar surface area (TPSA) is 68.0 Å². The highest BCUT2D eigenvalue weighted by atomic mass is 79.9. The lowest BCUT2D eigenvalue weighted by atomic mass is 10.2. The summed E-state index contributed by atoms with van der Waals surface area (Å²) in [4.78, 5) is 16.1. The second-order valence-corrected chi connectivity index (χ2v) is 5.14. The molecule has 0 aliphatic rings. The minimum Gasteiger partial charge on any atom is -0.398 e. The molecule has 1 aromatic carbocycles. The summed E-state index contributed by atoms with van der Waals surface area (Å²) in [5.41, 5.74) is 7.36. The van der Waals surface area contributed by atoms with Crippen LogP contribution >= 0.6 is 31.9 Å². The summed E-state index contributed by atoms with van der Waals surface area (Å²) in [6.45, 7) is 0. The molecule has 2 rings (SSSR count). The molecule has 18 heavy (non-hydrogen) atoms. The van der Waals surface area contributed by atoms with Gasteiger partial charge in [0.2, 0.25) is 0 Å². The van der Waals surface area contributed by atoms with E-state index in [2.05, 4.69) is 42.2 Å². The zero-order chi connectivity index (χ0) is 13.1. The summed E-state index contributed by atoms with van der Waals surface area (Å²) in [6.07, 6.45) is 1.57. The molecule has 2 aromatic rings. The van der Waals surface area contributed by atoms with Crippen molar-refractivity contribution in [3.05, 3.63) is 51.2 Å². The maximum Gasteiger partial charge on any atom is 0.256 e. The lowest BCUT2D eigenvalue weighted by Crippen LogP contribution is -2.13. The summed E-state index contributed by atoms with van der Waals surface area (Å²) >= 11 is 6.53. The third kappa shape index (κ3) is 2.88. The third-order valence-corrected chi connectivity index (χ3v) is 3.61. The van der Waals surface area contributed by atoms with Gasteiger partial charge in [-0.2, -0.15) is 0 Å². The Bertz CT molecular complexity index is 584. The summed E-state index contributed by atoms with van der Waals surface area (Å²) in [6, 6.07) is 8.66. The number of anilines is 2. The van der Waals surface area contributed by atoms with E-state index in [1.165, 1.54) is 0 Å². The first-order valence-corrected chi connectivity index (χ1v) is 6.63. The number of hydrogen-bond donors (Lipinski definition) is 2. The molecular weight excluding hydrogens is 362 g/mol. The van der Waals surface area contributed by atoms with Gasteiger partial charge in [-0.1, -0.05) is 6.07 Å². The van der Waals surface area contributed by atoms with Crippen LogP contribution in [-0.4, -0.2) is 10.9 Å². The summed E-state index contributed by atoms with van der Waals surface area (Å²) in [5.74, 6) is -0.238. The molecule has 1 aromatic heterocycles. The molecule has 1 heterocycles. The van der Waals surface area contributed by atoms with Crippen molar-refractivity contribution >= 4 is 49.1 Å². The van der Waals surface area contributed by atoms with Crippen LogP contribution in [0.1, 0.15) is 10.4 Å². The Balaban J connectivity index is 2.22. The van der Waals surface area contributed by atoms with Gasteiger partial charge in [0.25, 0.3) is 5.91 Å². The molecule has 0 saturated heterocycles. The molecule has 0 fully saturated rings. The van der Waals surface area contributed by atoms with E-state index in [9.17, 15) is 4.79 Å². The van der Waals surface area contributed by atoms with Crippen LogP contribution in [0.3, 0.4) is 0 Å². The van der Waals surface area contributed by atoms with E-state index >= 15 is 0 Å². The van der Waals surface area contributed by atoms with E-state index in [0.29, 0.717) is 26.0 Å². The second-order valence-electron chi connectivity index (χ2n) is 3.53. The average Bonchev–Trinajstić information content (AvgIpc) is 2.35. The van der Waals surface area contributed by atoms with Crippen molar-refractivity contribution in [3.8, 4) is 0 Å². The number of halogens is 2. The first kappa shape index (κ1) is 13.0. The van der Waals surface area contributed by atoms with Crippen molar-refractivity contribution in [3.63, 3.8) is 0 Å². The lowest BCUT2D eigenvalue weighted by Gasteiger charge is -2.08. The Kier molecular flexibility index (Phi) is 3.98. The van der Waals surface area contributed by atoms with Crippen molar-refractivity contribution in [1.29, 1.82) is 0 Å². The largest absolute Gasteiger partial charge is 0.398 e. The number of nitrogens with zero attached hydrogens (tertiary/aromatic N) is 1. The van der Waals surface area contributed by atoms with Gasteiger partial charge in [-0.25, -0.2) is 4.98 Å². The van der Waals surface area contributed by atoms with E-state index in [1.807, 2.05) is 0 Å². The Morgan fingerprint density at radius 2 is 2.00 bits per heavy atom. The van der Waals surface area contributed by atoms with E-state index in [1.54, 1.807) is 36.5 Å². The van der Waals surface area contributed by atoms with Crippen molar-refractivity contribution in [1.82, 2.24) is 4.98 Å². The van der Waals surface area contributed by atoms with Crippen LogP contribution in [0.5, 0.6) is 0 Å². The molecule has 92 valence electrons. The quantitative estimate of drug-likeness (QED) is 0.628. The molecule has 0 spiro atoms. The van der Waals surface area contributed by atoms with Crippen LogP contribution in [0.15, 0.2) is 45.6 Å². The van der Waals surface area contributed by atoms with Gasteiger partial charge in [0, 0.05) is 5.69 Å². The summed E-state index contributed by atoms with van der Waals surface area (Å²) in [7, 11) is 0. The van der Waals surface area contributed by atoms with Gasteiger partial charge in [-0.3, -0.25) is 4.79 Å². The molecule has 4 nitrogen and oxygen atoms in total. The van der Waals surface area contributed by atoms with Crippen molar-refractivity contribution < 1.29 is 4.79 Å². The number of nitrogens with two attached hydrogens (primary N) is 1. The number of aromatic nitrogens is 1. The Morgan fingerprint density at radius 3 is 2.67 bits per heavy atom. The van der Waals surface area contributed by atoms with E-state index < -0.39 is 0 Å². The van der Waals surface area contributed by atoms with Gasteiger partial charge >= 0.3 is 0 Å². The molecular formula is C12H9Br2N3O. The lowest BCUT2D eigenvalue weighted by molar-refractivity contribution is 0.102. The minimum absolute atomic E-state index is 0.238. The number of carbonyl (C=O) groups is 1. The van der Waals surface area contributed by atoms with Gasteiger partial charge in [-0.15, -0.1) is 0 Å². The molecule has 0 unspecified atom stereocenters. The number of rotatable bonds is 2. The van der Waals surface area contributed by atoms with E-state index in [0.717, 1.165) is 0 Å². The van der Waals surface area contributed by atoms with Gasteiger partial charge in [0.1, 0.15) is 4.60 Å². The number of carbonyl (C=O) groups excluding carboxylic acids is 1. The molecule has 0 radical (unpaired) electrons. The molecule has 0 aliphatic carbocycles. The maximum atomic E-state index is 12.0. The highest BCUT2D eigenvalue weighted by molar-refractivity contribution is 9.10. The molecule has 6 heteroatoms. The number of nitrogen functional groups attached to an aromatic ring is 1. The highest BCUT2D eigenvalue weighted by Crippen LogP contribution is 2.24. The van der Waals surface area contributed by atoms with Crippen LogP contribution in [0.4, 0.5) is 11.4 Å². The van der Waals surface area contributed by atoms with Crippen molar-refractivity contribution in [2.75, 3.05) is 11.1 Å². The number of hydrogen-bond acceptors (Lipinski definition) is 3. The van der Waals surface area contributed by atoms with E-state index in [4.69, 9.17) is 5.73 Å². The predicted octanol–water partition coefficient (Wildman–Crippen LogP) is 3.44. The van der Waals surface area contributed by atoms with Crippen molar-refractivity contribution in [2.45, 2.75) is 0 Å². The monoisotopic (exact) mass is 369 g/mol. The van der Waals surface area contributed by atoms with Crippen LogP contribution in [0.25, 0.3) is 0 Å². The fraction of sp³-hybridized carbons (Fsp3) is 0. The molecule has 1 amide bonds. The number of benzene rings is 1. The van der Waals surface area contributed by atoms with Crippen molar-refractivity contribution in [2.24, 2.45) is 0 Å². The van der Waals surface area contributed by atoms with Crippen LogP contribution in [0, 0.1) is 0 Å². The SMILES string of the molecule is Nc1cccc(C(=O)Nc2ccc(Br)nc2)c1Br. The standard InChI is InChI=1S/C12H9Br2N3O/c13-10-5-4-7(6-16-10)17-12(18)8-2-1-3-9(15)11(8)14/h1-6H,15H2,(H,17,18). The summed E-state index contributed by atoms with van der Waals surface area (Å²) in [5, 5.41) is 2.75. The molecule has 0 aliphatic heterocycles. The number of pyridine rings is 1. The molecule has 0 bridgehead atoms. The van der Waals surface area contributed by atoms with Crippen LogP contribution in [-0.2, 0) is 0 Å². The number of nitrogens with one attached hydrogen (secondary N) is 1. The maximum absolute atomic E-state index is 12.0. The Hall–Kier alpha value is -1.40. The van der Waals surface area contributed by atoms with Gasteiger partial charge < -0.3 is 11.1 Å². The summed E-state index contributed by atoms with van der Waals surface area (Å²) < 4.78 is 1.30. The van der Waals surface area contributed by atoms with E-state index in [-0.39, 0.29) is 5.91 Å². The fourth-order valence-electron chi connectivity index (χ4n) is 1.37. The second kappa shape index (κ2) is 5.49. The molecule has 0 saturated carbocycles. The zero-order valence-corrected chi connectivity index (χ0v) is 12.3. The minimum atomic E-state index is -0.238. The average molecular weight is 371 g/mol. The highest BCUT2D eigenvalue weighted by Gasteiger charge is 2.11. The van der Waals surface area contributed by atoms with Gasteiger partial charge in [0.15, 0.2) is 0 Å². The van der Waals surface area contributed by atoms with Crippen LogP contribution < -0.4 is 11.1 Å².